The number of carbonyl (C=O) groups is 1. The standard InChI is InChI=1S/C30H24BrFN2O5S/c1-4-39-29(36)24-25(18-8-6-5-7-9-18)33-30-34(26(24)19-10-12-20(32)13-11-19)28(35)23(40-30)16-17-14-21(31)27(38-3)22(15-17)37-2/h5-16,26H,4H2,1-3H3/b23-16-/t26-/m1/s1. The van der Waals surface area contributed by atoms with Crippen LogP contribution in [0.5, 0.6) is 11.5 Å². The molecule has 1 aliphatic heterocycles. The Bertz CT molecular complexity index is 1800. The van der Waals surface area contributed by atoms with Crippen molar-refractivity contribution in [1.29, 1.82) is 0 Å². The summed E-state index contributed by atoms with van der Waals surface area (Å²) in [5.41, 5.74) is 2.19. The number of hydrogen-bond donors (Lipinski definition) is 0. The molecule has 5 rings (SSSR count). The van der Waals surface area contributed by atoms with Gasteiger partial charge < -0.3 is 14.2 Å². The zero-order chi connectivity index (χ0) is 28.4. The first-order chi connectivity index (χ1) is 19.4. The van der Waals surface area contributed by atoms with Gasteiger partial charge in [-0.05, 0) is 64.3 Å². The molecule has 1 aromatic heterocycles. The van der Waals surface area contributed by atoms with E-state index in [0.29, 0.717) is 47.7 Å². The summed E-state index contributed by atoms with van der Waals surface area (Å²) in [5.74, 6) is -0.00211. The number of fused-ring (bicyclic) bond motifs is 1. The van der Waals surface area contributed by atoms with E-state index in [0.717, 1.165) is 0 Å². The Morgan fingerprint density at radius 1 is 1.10 bits per heavy atom. The van der Waals surface area contributed by atoms with Crippen LogP contribution in [0.4, 0.5) is 4.39 Å². The van der Waals surface area contributed by atoms with Gasteiger partial charge in [0.25, 0.3) is 5.56 Å². The maximum Gasteiger partial charge on any atom is 0.338 e. The summed E-state index contributed by atoms with van der Waals surface area (Å²) in [6.45, 7) is 1.85. The Hall–Kier alpha value is -4.02. The van der Waals surface area contributed by atoms with Crippen LogP contribution < -0.4 is 24.4 Å². The molecule has 40 heavy (non-hydrogen) atoms. The van der Waals surface area contributed by atoms with Crippen molar-refractivity contribution >= 4 is 45.0 Å². The van der Waals surface area contributed by atoms with E-state index >= 15 is 0 Å². The molecule has 0 amide bonds. The number of ether oxygens (including phenoxy) is 3. The number of carbonyl (C=O) groups excluding carboxylic acids is 1. The zero-order valence-corrected chi connectivity index (χ0v) is 24.2. The number of thiazole rings is 1. The van der Waals surface area contributed by atoms with Crippen LogP contribution >= 0.6 is 27.3 Å². The maximum atomic E-state index is 14.0. The molecule has 7 nitrogen and oxygen atoms in total. The first-order valence-corrected chi connectivity index (χ1v) is 13.9. The molecule has 1 atom stereocenters. The highest BCUT2D eigenvalue weighted by molar-refractivity contribution is 9.10. The molecule has 204 valence electrons. The molecular weight excluding hydrogens is 599 g/mol. The molecule has 0 radical (unpaired) electrons. The highest BCUT2D eigenvalue weighted by Crippen LogP contribution is 2.37. The van der Waals surface area contributed by atoms with E-state index in [2.05, 4.69) is 15.9 Å². The van der Waals surface area contributed by atoms with Crippen LogP contribution in [0.25, 0.3) is 11.8 Å². The Morgan fingerprint density at radius 2 is 1.82 bits per heavy atom. The van der Waals surface area contributed by atoms with Crippen molar-refractivity contribution in [3.05, 3.63) is 119 Å². The van der Waals surface area contributed by atoms with Gasteiger partial charge >= 0.3 is 5.97 Å². The van der Waals surface area contributed by atoms with E-state index in [1.54, 1.807) is 38.3 Å². The fourth-order valence-corrected chi connectivity index (χ4v) is 6.20. The third kappa shape index (κ3) is 5.12. The smallest absolute Gasteiger partial charge is 0.338 e. The molecule has 0 N–H and O–H groups in total. The Morgan fingerprint density at radius 3 is 2.48 bits per heavy atom. The van der Waals surface area contributed by atoms with Crippen LogP contribution in [0.15, 0.2) is 86.6 Å². The SMILES string of the molecule is CCOC(=O)C1=C(c2ccccc2)N=c2s/c(=C\c3cc(Br)c(OC)c(OC)c3)c(=O)n2[C@@H]1c1ccc(F)cc1. The molecule has 2 heterocycles. The monoisotopic (exact) mass is 622 g/mol. The van der Waals surface area contributed by atoms with Crippen molar-refractivity contribution in [3.63, 3.8) is 0 Å². The van der Waals surface area contributed by atoms with Gasteiger partial charge in [-0.25, -0.2) is 14.2 Å². The summed E-state index contributed by atoms with van der Waals surface area (Å²) in [6.07, 6.45) is 1.73. The number of aromatic nitrogens is 1. The largest absolute Gasteiger partial charge is 0.493 e. The second kappa shape index (κ2) is 11.6. The van der Waals surface area contributed by atoms with Crippen LogP contribution in [-0.2, 0) is 9.53 Å². The van der Waals surface area contributed by atoms with Crippen LogP contribution in [0.1, 0.15) is 29.7 Å². The predicted molar refractivity (Wildman–Crippen MR) is 155 cm³/mol. The topological polar surface area (TPSA) is 79.1 Å². The van der Waals surface area contributed by atoms with Gasteiger partial charge in [0.1, 0.15) is 5.82 Å². The third-order valence-electron chi connectivity index (χ3n) is 6.31. The second-order valence-corrected chi connectivity index (χ2v) is 10.6. The molecule has 0 saturated carbocycles. The van der Waals surface area contributed by atoms with Gasteiger partial charge in [0, 0.05) is 5.56 Å². The lowest BCUT2D eigenvalue weighted by Gasteiger charge is -2.25. The Labute approximate surface area is 241 Å². The van der Waals surface area contributed by atoms with Crippen molar-refractivity contribution in [1.82, 2.24) is 4.57 Å². The van der Waals surface area contributed by atoms with E-state index in [1.165, 1.54) is 35.1 Å². The molecule has 0 unspecified atom stereocenters. The predicted octanol–water partition coefficient (Wildman–Crippen LogP) is 4.85. The molecule has 0 bridgehead atoms. The molecule has 10 heteroatoms. The van der Waals surface area contributed by atoms with Crippen LogP contribution in [0, 0.1) is 5.82 Å². The van der Waals surface area contributed by atoms with E-state index in [-0.39, 0.29) is 17.7 Å². The van der Waals surface area contributed by atoms with Gasteiger partial charge in [0.05, 0.1) is 47.1 Å². The number of benzene rings is 3. The Balaban J connectivity index is 1.81. The summed E-state index contributed by atoms with van der Waals surface area (Å²) >= 11 is 4.69. The highest BCUT2D eigenvalue weighted by atomic mass is 79.9. The van der Waals surface area contributed by atoms with Crippen LogP contribution in [-0.4, -0.2) is 31.4 Å². The van der Waals surface area contributed by atoms with Crippen LogP contribution in [0.2, 0.25) is 0 Å². The lowest BCUT2D eigenvalue weighted by Crippen LogP contribution is -2.40. The number of methoxy groups -OCH3 is 2. The average Bonchev–Trinajstić information content (AvgIpc) is 3.27. The third-order valence-corrected chi connectivity index (χ3v) is 7.89. The van der Waals surface area contributed by atoms with Gasteiger partial charge in [-0.1, -0.05) is 53.8 Å². The van der Waals surface area contributed by atoms with Gasteiger partial charge in [-0.3, -0.25) is 9.36 Å². The molecule has 3 aromatic carbocycles. The van der Waals surface area contributed by atoms with Crippen LogP contribution in [0.3, 0.4) is 0 Å². The number of nitrogens with zero attached hydrogens (tertiary/aromatic N) is 2. The van der Waals surface area contributed by atoms with Gasteiger partial charge in [0.15, 0.2) is 16.3 Å². The average molecular weight is 624 g/mol. The summed E-state index contributed by atoms with van der Waals surface area (Å²) in [5, 5.41) is 0. The lowest BCUT2D eigenvalue weighted by atomic mass is 9.93. The maximum absolute atomic E-state index is 14.0. The minimum atomic E-state index is -0.884. The fourth-order valence-electron chi connectivity index (χ4n) is 4.57. The number of esters is 1. The first-order valence-electron chi connectivity index (χ1n) is 12.3. The minimum absolute atomic E-state index is 0.138. The molecule has 0 aliphatic carbocycles. The minimum Gasteiger partial charge on any atom is -0.493 e. The first kappa shape index (κ1) is 27.5. The highest BCUT2D eigenvalue weighted by Gasteiger charge is 2.35. The fraction of sp³-hybridized carbons (Fsp3) is 0.167. The van der Waals surface area contributed by atoms with Crippen molar-refractivity contribution in [2.45, 2.75) is 13.0 Å². The summed E-state index contributed by atoms with van der Waals surface area (Å²) in [4.78, 5) is 32.6. The van der Waals surface area contributed by atoms with Crippen molar-refractivity contribution < 1.29 is 23.4 Å². The van der Waals surface area contributed by atoms with E-state index in [4.69, 9.17) is 19.2 Å². The zero-order valence-electron chi connectivity index (χ0n) is 21.8. The normalized spacial score (nSPS) is 14.9. The van der Waals surface area contributed by atoms with Gasteiger partial charge in [0.2, 0.25) is 0 Å². The molecule has 0 spiro atoms. The number of halogens is 2. The van der Waals surface area contributed by atoms with E-state index in [1.807, 2.05) is 36.4 Å². The molecular formula is C30H24BrFN2O5S. The van der Waals surface area contributed by atoms with Crippen molar-refractivity contribution in [3.8, 4) is 11.5 Å². The molecule has 1 aliphatic rings. The number of hydrogen-bond acceptors (Lipinski definition) is 7. The quantitative estimate of drug-likeness (QED) is 0.275. The van der Waals surface area contributed by atoms with Gasteiger partial charge in [-0.2, -0.15) is 0 Å². The lowest BCUT2D eigenvalue weighted by molar-refractivity contribution is -0.138. The number of rotatable bonds is 7. The van der Waals surface area contributed by atoms with E-state index in [9.17, 15) is 14.0 Å². The van der Waals surface area contributed by atoms with Gasteiger partial charge in [-0.15, -0.1) is 0 Å². The molecule has 4 aromatic rings. The van der Waals surface area contributed by atoms with E-state index < -0.39 is 17.8 Å². The van der Waals surface area contributed by atoms with Crippen molar-refractivity contribution in [2.24, 2.45) is 4.99 Å². The molecule has 0 saturated heterocycles. The van der Waals surface area contributed by atoms with Crippen molar-refractivity contribution in [2.75, 3.05) is 20.8 Å². The summed E-state index contributed by atoms with van der Waals surface area (Å²) in [7, 11) is 3.08. The molecule has 0 fully saturated rings. The Kier molecular flexibility index (Phi) is 7.99. The summed E-state index contributed by atoms with van der Waals surface area (Å²) in [6, 6.07) is 17.7. The summed E-state index contributed by atoms with van der Waals surface area (Å²) < 4.78 is 32.7. The second-order valence-electron chi connectivity index (χ2n) is 8.72.